The number of fused-ring (bicyclic) bond motifs is 1. The average molecular weight is 232 g/mol. The Morgan fingerprint density at radius 2 is 2.06 bits per heavy atom. The van der Waals surface area contributed by atoms with E-state index in [0.717, 1.165) is 18.5 Å². The number of furan rings is 1. The molecule has 0 bridgehead atoms. The van der Waals surface area contributed by atoms with Crippen LogP contribution in [0, 0.1) is 0 Å². The van der Waals surface area contributed by atoms with Crippen molar-refractivity contribution >= 4 is 11.0 Å². The summed E-state index contributed by atoms with van der Waals surface area (Å²) in [6.07, 6.45) is 2.79. The van der Waals surface area contributed by atoms with E-state index in [0.29, 0.717) is 6.54 Å². The van der Waals surface area contributed by atoms with Crippen LogP contribution in [0.4, 0.5) is 0 Å². The second-order valence-electron chi connectivity index (χ2n) is 5.03. The van der Waals surface area contributed by atoms with Gasteiger partial charge in [0.05, 0.1) is 6.26 Å². The first kappa shape index (κ1) is 12.1. The lowest BCUT2D eigenvalue weighted by Crippen LogP contribution is -2.40. The van der Waals surface area contributed by atoms with Crippen LogP contribution in [0.5, 0.6) is 0 Å². The van der Waals surface area contributed by atoms with Gasteiger partial charge in [0.1, 0.15) is 5.58 Å². The number of hydrogen-bond donors (Lipinski definition) is 2. The molecule has 1 heterocycles. The minimum atomic E-state index is 0.0626. The second kappa shape index (κ2) is 4.90. The number of nitrogens with two attached hydrogens (primary N) is 1. The quantitative estimate of drug-likeness (QED) is 0.833. The zero-order valence-corrected chi connectivity index (χ0v) is 10.5. The van der Waals surface area contributed by atoms with Crippen molar-refractivity contribution in [2.45, 2.75) is 32.4 Å². The van der Waals surface area contributed by atoms with Crippen LogP contribution in [0.3, 0.4) is 0 Å². The first-order valence-electron chi connectivity index (χ1n) is 6.02. The molecule has 3 N–H and O–H groups in total. The summed E-state index contributed by atoms with van der Waals surface area (Å²) in [5.41, 5.74) is 7.80. The van der Waals surface area contributed by atoms with Gasteiger partial charge in [-0.3, -0.25) is 0 Å². The van der Waals surface area contributed by atoms with Gasteiger partial charge in [-0.2, -0.15) is 0 Å². The highest BCUT2D eigenvalue weighted by Gasteiger charge is 2.16. The molecular weight excluding hydrogens is 212 g/mol. The fourth-order valence-electron chi connectivity index (χ4n) is 1.95. The Kier molecular flexibility index (Phi) is 3.50. The first-order valence-corrected chi connectivity index (χ1v) is 6.02. The summed E-state index contributed by atoms with van der Waals surface area (Å²) in [6.45, 7) is 5.85. The summed E-state index contributed by atoms with van der Waals surface area (Å²) in [5.74, 6) is 0. The normalized spacial score (nSPS) is 12.2. The lowest BCUT2D eigenvalue weighted by atomic mass is 10.0. The lowest BCUT2D eigenvalue weighted by molar-refractivity contribution is 0.365. The number of rotatable bonds is 5. The highest BCUT2D eigenvalue weighted by Crippen LogP contribution is 2.21. The Hall–Kier alpha value is -1.32. The zero-order valence-electron chi connectivity index (χ0n) is 10.5. The molecule has 0 aliphatic carbocycles. The Morgan fingerprint density at radius 1 is 1.29 bits per heavy atom. The van der Waals surface area contributed by atoms with Gasteiger partial charge >= 0.3 is 0 Å². The van der Waals surface area contributed by atoms with Crippen molar-refractivity contribution in [1.29, 1.82) is 0 Å². The summed E-state index contributed by atoms with van der Waals surface area (Å²) in [7, 11) is 0. The third-order valence-corrected chi connectivity index (χ3v) is 3.09. The van der Waals surface area contributed by atoms with Crippen molar-refractivity contribution in [3.63, 3.8) is 0 Å². The first-order chi connectivity index (χ1) is 8.12. The highest BCUT2D eigenvalue weighted by atomic mass is 16.3. The van der Waals surface area contributed by atoms with Gasteiger partial charge in [-0.05, 0) is 32.9 Å². The standard InChI is InChI=1S/C14H20N2O/c1-14(2,7-8-15)16-9-11-10-17-13-6-4-3-5-12(11)13/h3-6,10,16H,7-9,15H2,1-2H3. The predicted molar refractivity (Wildman–Crippen MR) is 70.8 cm³/mol. The Labute approximate surface area is 102 Å². The van der Waals surface area contributed by atoms with Crippen LogP contribution in [0.25, 0.3) is 11.0 Å². The van der Waals surface area contributed by atoms with Crippen LogP contribution >= 0.6 is 0 Å². The molecule has 0 amide bonds. The minimum absolute atomic E-state index is 0.0626. The Balaban J connectivity index is 2.09. The molecule has 0 atom stereocenters. The summed E-state index contributed by atoms with van der Waals surface area (Å²) in [6, 6.07) is 8.10. The van der Waals surface area contributed by atoms with Gasteiger partial charge in [-0.15, -0.1) is 0 Å². The lowest BCUT2D eigenvalue weighted by Gasteiger charge is -2.25. The number of nitrogens with one attached hydrogen (secondary N) is 1. The van der Waals surface area contributed by atoms with Crippen LogP contribution in [0.1, 0.15) is 25.8 Å². The molecule has 1 aromatic carbocycles. The van der Waals surface area contributed by atoms with Crippen molar-refractivity contribution in [3.8, 4) is 0 Å². The van der Waals surface area contributed by atoms with Crippen molar-refractivity contribution in [3.05, 3.63) is 36.1 Å². The summed E-state index contributed by atoms with van der Waals surface area (Å²) >= 11 is 0. The molecule has 92 valence electrons. The van der Waals surface area contributed by atoms with E-state index in [1.54, 1.807) is 0 Å². The molecule has 0 fully saturated rings. The zero-order chi connectivity index (χ0) is 12.3. The van der Waals surface area contributed by atoms with E-state index in [-0.39, 0.29) is 5.54 Å². The van der Waals surface area contributed by atoms with Gasteiger partial charge in [0.25, 0.3) is 0 Å². The van der Waals surface area contributed by atoms with E-state index < -0.39 is 0 Å². The molecule has 0 unspecified atom stereocenters. The second-order valence-corrected chi connectivity index (χ2v) is 5.03. The van der Waals surface area contributed by atoms with Gasteiger partial charge < -0.3 is 15.5 Å². The van der Waals surface area contributed by atoms with E-state index in [1.165, 1.54) is 10.9 Å². The fraction of sp³-hybridized carbons (Fsp3) is 0.429. The van der Waals surface area contributed by atoms with Gasteiger partial charge in [-0.25, -0.2) is 0 Å². The molecule has 0 saturated carbocycles. The van der Waals surface area contributed by atoms with Crippen LogP contribution in [0.15, 0.2) is 34.9 Å². The van der Waals surface area contributed by atoms with Crippen LogP contribution in [0.2, 0.25) is 0 Å². The maximum atomic E-state index is 5.60. The summed E-state index contributed by atoms with van der Waals surface area (Å²) < 4.78 is 5.51. The molecule has 0 spiro atoms. The van der Waals surface area contributed by atoms with Crippen molar-refractivity contribution in [2.24, 2.45) is 5.73 Å². The Morgan fingerprint density at radius 3 is 2.82 bits per heavy atom. The fourth-order valence-corrected chi connectivity index (χ4v) is 1.95. The largest absolute Gasteiger partial charge is 0.464 e. The van der Waals surface area contributed by atoms with Crippen molar-refractivity contribution in [1.82, 2.24) is 5.32 Å². The van der Waals surface area contributed by atoms with Gasteiger partial charge in [0.15, 0.2) is 0 Å². The molecule has 0 aliphatic heterocycles. The van der Waals surface area contributed by atoms with E-state index >= 15 is 0 Å². The molecule has 3 heteroatoms. The summed E-state index contributed by atoms with van der Waals surface area (Å²) in [4.78, 5) is 0. The van der Waals surface area contributed by atoms with Crippen LogP contribution in [-0.4, -0.2) is 12.1 Å². The van der Waals surface area contributed by atoms with Gasteiger partial charge in [0.2, 0.25) is 0 Å². The van der Waals surface area contributed by atoms with Gasteiger partial charge in [-0.1, -0.05) is 18.2 Å². The SMILES string of the molecule is CC(C)(CCN)NCc1coc2ccccc12. The van der Waals surface area contributed by atoms with Crippen molar-refractivity contribution < 1.29 is 4.42 Å². The number of para-hydroxylation sites is 1. The topological polar surface area (TPSA) is 51.2 Å². The molecule has 2 rings (SSSR count). The summed E-state index contributed by atoms with van der Waals surface area (Å²) in [5, 5.41) is 4.70. The third kappa shape index (κ3) is 2.87. The molecule has 0 saturated heterocycles. The molecule has 0 radical (unpaired) electrons. The monoisotopic (exact) mass is 232 g/mol. The Bertz CT molecular complexity index is 488. The number of benzene rings is 1. The molecular formula is C14H20N2O. The average Bonchev–Trinajstić information content (AvgIpc) is 2.70. The number of hydrogen-bond acceptors (Lipinski definition) is 3. The smallest absolute Gasteiger partial charge is 0.134 e. The molecule has 1 aromatic heterocycles. The molecule has 2 aromatic rings. The van der Waals surface area contributed by atoms with E-state index in [9.17, 15) is 0 Å². The maximum Gasteiger partial charge on any atom is 0.134 e. The van der Waals surface area contributed by atoms with E-state index in [1.807, 2.05) is 24.5 Å². The molecule has 0 aliphatic rings. The third-order valence-electron chi connectivity index (χ3n) is 3.09. The maximum absolute atomic E-state index is 5.60. The highest BCUT2D eigenvalue weighted by molar-refractivity contribution is 5.80. The van der Waals surface area contributed by atoms with Gasteiger partial charge in [0, 0.05) is 23.0 Å². The van der Waals surface area contributed by atoms with Crippen molar-refractivity contribution in [2.75, 3.05) is 6.54 Å². The van der Waals surface area contributed by atoms with Crippen LogP contribution < -0.4 is 11.1 Å². The molecule has 17 heavy (non-hydrogen) atoms. The van der Waals surface area contributed by atoms with E-state index in [2.05, 4.69) is 25.2 Å². The minimum Gasteiger partial charge on any atom is -0.464 e. The predicted octanol–water partition coefficient (Wildman–Crippen LogP) is 2.65. The molecule has 3 nitrogen and oxygen atoms in total. The van der Waals surface area contributed by atoms with Crippen LogP contribution in [-0.2, 0) is 6.54 Å². The van der Waals surface area contributed by atoms with E-state index in [4.69, 9.17) is 10.2 Å².